The van der Waals surface area contributed by atoms with Crippen LogP contribution in [0, 0.1) is 11.8 Å². The van der Waals surface area contributed by atoms with Crippen LogP contribution in [0.4, 0.5) is 13.2 Å². The molecule has 0 unspecified atom stereocenters. The van der Waals surface area contributed by atoms with Gasteiger partial charge in [0.1, 0.15) is 5.78 Å². The van der Waals surface area contributed by atoms with Crippen LogP contribution in [-0.2, 0) is 11.0 Å². The number of alkyl halides is 3. The van der Waals surface area contributed by atoms with Crippen LogP contribution in [0.3, 0.4) is 0 Å². The Morgan fingerprint density at radius 3 is 2.00 bits per heavy atom. The second-order valence-electron chi connectivity index (χ2n) is 5.44. The average molecular weight is 292 g/mol. The van der Waals surface area contributed by atoms with Gasteiger partial charge in [-0.3, -0.25) is 4.79 Å². The smallest absolute Gasteiger partial charge is 0.339 e. The molecule has 0 aliphatic heterocycles. The molecule has 1 heterocycles. The second-order valence-corrected chi connectivity index (χ2v) is 5.44. The van der Waals surface area contributed by atoms with E-state index in [4.69, 9.17) is 0 Å². The highest BCUT2D eigenvalue weighted by molar-refractivity contribution is 5.84. The van der Waals surface area contributed by atoms with E-state index in [1.807, 2.05) is 13.8 Å². The Morgan fingerprint density at radius 1 is 1.25 bits per heavy atom. The quantitative estimate of drug-likeness (QED) is 0.849. The number of aromatic nitrogens is 2. The molecule has 0 aromatic carbocycles. The normalized spacial score (nSPS) is 15.2. The van der Waals surface area contributed by atoms with Gasteiger partial charge in [0.05, 0.1) is 0 Å². The summed E-state index contributed by atoms with van der Waals surface area (Å²) in [7, 11) is 0. The zero-order valence-corrected chi connectivity index (χ0v) is 12.0. The highest BCUT2D eigenvalue weighted by Crippen LogP contribution is 2.32. The summed E-state index contributed by atoms with van der Waals surface area (Å²) >= 11 is 0. The Labute approximate surface area is 115 Å². The molecule has 20 heavy (non-hydrogen) atoms. The van der Waals surface area contributed by atoms with Crippen LogP contribution in [0.1, 0.15) is 58.2 Å². The standard InChI is InChI=1S/C7H12O.C6H7F3N2O/c1-5(2)7(8)6-3-4-6;1-3(2)4-10-5(11-12-4)6(7,8)9/h5-6H,3-4H2,1-2H3;3H,1-2H3. The minimum absolute atomic E-state index is 0.00215. The lowest BCUT2D eigenvalue weighted by Crippen LogP contribution is -2.08. The molecule has 1 aliphatic carbocycles. The Balaban J connectivity index is 0.000000217. The first-order valence-electron chi connectivity index (χ1n) is 6.57. The van der Waals surface area contributed by atoms with E-state index >= 15 is 0 Å². The summed E-state index contributed by atoms with van der Waals surface area (Å²) in [5, 5.41) is 2.80. The average Bonchev–Trinajstić information content (AvgIpc) is 3.02. The number of nitrogens with zero attached hydrogens (tertiary/aromatic N) is 2. The summed E-state index contributed by atoms with van der Waals surface area (Å²) < 4.78 is 40.0. The molecule has 2 rings (SSSR count). The van der Waals surface area contributed by atoms with Crippen molar-refractivity contribution in [2.24, 2.45) is 11.8 Å². The van der Waals surface area contributed by atoms with Crippen molar-refractivity contribution in [1.29, 1.82) is 0 Å². The van der Waals surface area contributed by atoms with Crippen molar-refractivity contribution in [3.8, 4) is 0 Å². The van der Waals surface area contributed by atoms with Gasteiger partial charge in [-0.25, -0.2) is 0 Å². The van der Waals surface area contributed by atoms with Gasteiger partial charge in [0.25, 0.3) is 5.82 Å². The molecule has 0 bridgehead atoms. The van der Waals surface area contributed by atoms with Gasteiger partial charge >= 0.3 is 6.18 Å². The van der Waals surface area contributed by atoms with Crippen LogP contribution < -0.4 is 0 Å². The van der Waals surface area contributed by atoms with E-state index in [2.05, 4.69) is 14.7 Å². The van der Waals surface area contributed by atoms with Crippen molar-refractivity contribution in [1.82, 2.24) is 10.1 Å². The lowest BCUT2D eigenvalue weighted by molar-refractivity contribution is -0.146. The monoisotopic (exact) mass is 292 g/mol. The van der Waals surface area contributed by atoms with Gasteiger partial charge in [-0.2, -0.15) is 18.2 Å². The molecule has 1 aromatic heterocycles. The highest BCUT2D eigenvalue weighted by atomic mass is 19.4. The molecule has 0 saturated heterocycles. The summed E-state index contributed by atoms with van der Waals surface area (Å²) in [6.45, 7) is 7.29. The molecule has 0 spiro atoms. The number of hydrogen-bond donors (Lipinski definition) is 0. The predicted octanol–water partition coefficient (Wildman–Crippen LogP) is 3.83. The summed E-state index contributed by atoms with van der Waals surface area (Å²) in [5.41, 5.74) is 0. The molecule has 114 valence electrons. The van der Waals surface area contributed by atoms with E-state index in [0.29, 0.717) is 11.7 Å². The van der Waals surface area contributed by atoms with Crippen molar-refractivity contribution >= 4 is 5.78 Å². The number of carbonyl (C=O) groups is 1. The van der Waals surface area contributed by atoms with Crippen molar-refractivity contribution in [3.05, 3.63) is 11.7 Å². The zero-order chi connectivity index (χ0) is 15.5. The van der Waals surface area contributed by atoms with Gasteiger partial charge in [-0.05, 0) is 12.8 Å². The molecular weight excluding hydrogens is 273 g/mol. The zero-order valence-electron chi connectivity index (χ0n) is 12.0. The number of halogens is 3. The minimum atomic E-state index is -4.52. The van der Waals surface area contributed by atoms with E-state index in [0.717, 1.165) is 12.8 Å². The first kappa shape index (κ1) is 16.7. The van der Waals surface area contributed by atoms with E-state index in [1.54, 1.807) is 13.8 Å². The van der Waals surface area contributed by atoms with Gasteiger partial charge < -0.3 is 4.52 Å². The van der Waals surface area contributed by atoms with Crippen molar-refractivity contribution in [2.45, 2.75) is 52.6 Å². The maximum absolute atomic E-state index is 11.9. The van der Waals surface area contributed by atoms with Gasteiger partial charge in [0, 0.05) is 17.8 Å². The maximum atomic E-state index is 11.9. The van der Waals surface area contributed by atoms with Crippen molar-refractivity contribution in [2.75, 3.05) is 0 Å². The summed E-state index contributed by atoms with van der Waals surface area (Å²) in [5.74, 6) is -0.218. The summed E-state index contributed by atoms with van der Waals surface area (Å²) in [6, 6.07) is 0. The van der Waals surface area contributed by atoms with Crippen LogP contribution in [0.5, 0.6) is 0 Å². The minimum Gasteiger partial charge on any atom is -0.339 e. The maximum Gasteiger partial charge on any atom is 0.455 e. The Morgan fingerprint density at radius 2 is 1.80 bits per heavy atom. The number of ketones is 1. The Kier molecular flexibility index (Phi) is 5.30. The molecule has 0 amide bonds. The second kappa shape index (κ2) is 6.37. The fraction of sp³-hybridized carbons (Fsp3) is 0.769. The molecule has 4 nitrogen and oxygen atoms in total. The van der Waals surface area contributed by atoms with Gasteiger partial charge in [0.15, 0.2) is 0 Å². The van der Waals surface area contributed by atoms with Crippen LogP contribution in [-0.4, -0.2) is 15.9 Å². The SMILES string of the molecule is CC(C)C(=O)C1CC1.CC(C)c1nc(C(F)(F)F)no1. The molecule has 1 fully saturated rings. The topological polar surface area (TPSA) is 56.0 Å². The van der Waals surface area contributed by atoms with Crippen LogP contribution in [0.25, 0.3) is 0 Å². The molecule has 7 heteroatoms. The first-order valence-corrected chi connectivity index (χ1v) is 6.57. The lowest BCUT2D eigenvalue weighted by atomic mass is 10.1. The molecule has 1 saturated carbocycles. The summed E-state index contributed by atoms with van der Waals surface area (Å²) in [4.78, 5) is 14.1. The number of Topliss-reactive ketones (excluding diaryl/α,β-unsaturated/α-hetero) is 1. The fourth-order valence-corrected chi connectivity index (χ4v) is 1.42. The van der Waals surface area contributed by atoms with Crippen LogP contribution in [0.2, 0.25) is 0 Å². The molecule has 1 aromatic rings. The molecule has 0 N–H and O–H groups in total. The van der Waals surface area contributed by atoms with Gasteiger partial charge in [-0.1, -0.05) is 32.9 Å². The van der Waals surface area contributed by atoms with Crippen LogP contribution >= 0.6 is 0 Å². The molecule has 1 aliphatic rings. The summed E-state index contributed by atoms with van der Waals surface area (Å²) in [6.07, 6.45) is -2.22. The highest BCUT2D eigenvalue weighted by Gasteiger charge is 2.37. The van der Waals surface area contributed by atoms with Crippen LogP contribution in [0.15, 0.2) is 4.52 Å². The first-order chi connectivity index (χ1) is 9.12. The van der Waals surface area contributed by atoms with E-state index in [1.165, 1.54) is 0 Å². The van der Waals surface area contributed by atoms with E-state index in [9.17, 15) is 18.0 Å². The molecule has 0 radical (unpaired) electrons. The predicted molar refractivity (Wildman–Crippen MR) is 66.0 cm³/mol. The Hall–Kier alpha value is -1.40. The van der Waals surface area contributed by atoms with E-state index < -0.39 is 12.0 Å². The van der Waals surface area contributed by atoms with Crippen molar-refractivity contribution < 1.29 is 22.5 Å². The third-order valence-electron chi connectivity index (χ3n) is 2.74. The molecule has 0 atom stereocenters. The number of rotatable bonds is 3. The third kappa shape index (κ3) is 4.94. The number of hydrogen-bond acceptors (Lipinski definition) is 4. The lowest BCUT2D eigenvalue weighted by Gasteiger charge is -1.98. The largest absolute Gasteiger partial charge is 0.455 e. The van der Waals surface area contributed by atoms with Gasteiger partial charge in [-0.15, -0.1) is 0 Å². The molecular formula is C13H19F3N2O2. The number of carbonyl (C=O) groups excluding carboxylic acids is 1. The third-order valence-corrected chi connectivity index (χ3v) is 2.74. The van der Waals surface area contributed by atoms with Gasteiger partial charge in [0.2, 0.25) is 5.89 Å². The Bertz CT molecular complexity index is 445. The van der Waals surface area contributed by atoms with Crippen molar-refractivity contribution in [3.63, 3.8) is 0 Å². The van der Waals surface area contributed by atoms with E-state index in [-0.39, 0.29) is 17.7 Å². The fourth-order valence-electron chi connectivity index (χ4n) is 1.42.